The van der Waals surface area contributed by atoms with Gasteiger partial charge >= 0.3 is 6.01 Å². The highest BCUT2D eigenvalue weighted by Crippen LogP contribution is 2.19. The number of nitrogens with zero attached hydrogens (tertiary/aromatic N) is 5. The largest absolute Gasteiger partial charge is 0.464 e. The molecule has 2 N–H and O–H groups in total. The molecule has 7 heteroatoms. The summed E-state index contributed by atoms with van der Waals surface area (Å²) in [6.07, 6.45) is 2.48. The number of rotatable bonds is 6. The smallest absolute Gasteiger partial charge is 0.323 e. The average molecular weight is 280 g/mol. The molecule has 0 radical (unpaired) electrons. The number of likely N-dealkylation sites (N-methyl/N-ethyl adjacent to an activating group) is 2. The fourth-order valence-corrected chi connectivity index (χ4v) is 2.64. The third-order valence-electron chi connectivity index (χ3n) is 3.63. The van der Waals surface area contributed by atoms with E-state index < -0.39 is 0 Å². The number of ether oxygens (including phenoxy) is 1. The second-order valence-electron chi connectivity index (χ2n) is 5.01. The van der Waals surface area contributed by atoms with E-state index in [0.717, 1.165) is 13.1 Å². The van der Waals surface area contributed by atoms with E-state index in [1.54, 1.807) is 0 Å². The number of hydrogen-bond acceptors (Lipinski definition) is 7. The van der Waals surface area contributed by atoms with Gasteiger partial charge < -0.3 is 15.4 Å². The third kappa shape index (κ3) is 3.47. The number of hydrogen-bond donors (Lipinski definition) is 1. The Labute approximate surface area is 120 Å². The lowest BCUT2D eigenvalue weighted by atomic mass is 10.2. The normalized spacial score (nSPS) is 19.2. The number of nitrogens with two attached hydrogens (primary N) is 1. The van der Waals surface area contributed by atoms with Crippen LogP contribution in [-0.2, 0) is 0 Å². The van der Waals surface area contributed by atoms with E-state index in [9.17, 15) is 0 Å². The molecular formula is C13H24N6O. The molecule has 0 spiro atoms. The molecule has 7 nitrogen and oxygen atoms in total. The summed E-state index contributed by atoms with van der Waals surface area (Å²) in [5, 5.41) is 0. The fraction of sp³-hybridized carbons (Fsp3) is 0.769. The van der Waals surface area contributed by atoms with E-state index >= 15 is 0 Å². The SMILES string of the molecule is CCOc1nc(N)nc(N(C)CC2CCCN2CC)n1. The highest BCUT2D eigenvalue weighted by Gasteiger charge is 2.25. The summed E-state index contributed by atoms with van der Waals surface area (Å²) in [5.74, 6) is 0.771. The van der Waals surface area contributed by atoms with Crippen molar-refractivity contribution in [3.05, 3.63) is 0 Å². The van der Waals surface area contributed by atoms with Crippen LogP contribution >= 0.6 is 0 Å². The van der Waals surface area contributed by atoms with Crippen molar-refractivity contribution in [1.29, 1.82) is 0 Å². The van der Waals surface area contributed by atoms with E-state index in [1.807, 2.05) is 18.9 Å². The highest BCUT2D eigenvalue weighted by molar-refractivity contribution is 5.35. The lowest BCUT2D eigenvalue weighted by Crippen LogP contribution is -2.39. The first-order valence-corrected chi connectivity index (χ1v) is 7.23. The van der Waals surface area contributed by atoms with Gasteiger partial charge in [0, 0.05) is 19.6 Å². The molecule has 1 aliphatic rings. The van der Waals surface area contributed by atoms with Crippen LogP contribution < -0.4 is 15.4 Å². The molecule has 0 aromatic carbocycles. The Hall–Kier alpha value is -1.63. The van der Waals surface area contributed by atoms with Crippen molar-refractivity contribution in [2.24, 2.45) is 0 Å². The minimum absolute atomic E-state index is 0.198. The van der Waals surface area contributed by atoms with Gasteiger partial charge in [-0.2, -0.15) is 15.0 Å². The summed E-state index contributed by atoms with van der Waals surface area (Å²) in [6, 6.07) is 0.846. The van der Waals surface area contributed by atoms with E-state index in [-0.39, 0.29) is 5.95 Å². The lowest BCUT2D eigenvalue weighted by molar-refractivity contribution is 0.269. The van der Waals surface area contributed by atoms with Crippen LogP contribution in [0.5, 0.6) is 6.01 Å². The Balaban J connectivity index is 2.06. The number of aromatic nitrogens is 3. The maximum absolute atomic E-state index is 5.71. The molecule has 1 fully saturated rings. The molecule has 0 aliphatic carbocycles. The lowest BCUT2D eigenvalue weighted by Gasteiger charge is -2.27. The van der Waals surface area contributed by atoms with Gasteiger partial charge in [0.2, 0.25) is 11.9 Å². The zero-order chi connectivity index (χ0) is 14.5. The highest BCUT2D eigenvalue weighted by atomic mass is 16.5. The van der Waals surface area contributed by atoms with Crippen molar-refractivity contribution in [3.63, 3.8) is 0 Å². The van der Waals surface area contributed by atoms with E-state index in [4.69, 9.17) is 10.5 Å². The maximum Gasteiger partial charge on any atom is 0.323 e. The fourth-order valence-electron chi connectivity index (χ4n) is 2.64. The van der Waals surface area contributed by atoms with Crippen molar-refractivity contribution in [1.82, 2.24) is 19.9 Å². The number of anilines is 2. The first kappa shape index (κ1) is 14.8. The van der Waals surface area contributed by atoms with Crippen molar-refractivity contribution in [2.75, 3.05) is 43.9 Å². The van der Waals surface area contributed by atoms with E-state index in [1.165, 1.54) is 19.4 Å². The Morgan fingerprint density at radius 2 is 2.15 bits per heavy atom. The van der Waals surface area contributed by atoms with Gasteiger partial charge in [-0.1, -0.05) is 6.92 Å². The van der Waals surface area contributed by atoms with Crippen LogP contribution in [0.2, 0.25) is 0 Å². The molecule has 1 aromatic rings. The molecule has 0 amide bonds. The van der Waals surface area contributed by atoms with Crippen LogP contribution in [0.3, 0.4) is 0 Å². The van der Waals surface area contributed by atoms with Crippen LogP contribution in [0.4, 0.5) is 11.9 Å². The summed E-state index contributed by atoms with van der Waals surface area (Å²) < 4.78 is 5.31. The average Bonchev–Trinajstić information content (AvgIpc) is 2.85. The summed E-state index contributed by atoms with van der Waals surface area (Å²) in [5.41, 5.74) is 5.71. The summed E-state index contributed by atoms with van der Waals surface area (Å²) in [4.78, 5) is 17.0. The molecule has 1 saturated heterocycles. The van der Waals surface area contributed by atoms with E-state index in [2.05, 4.69) is 26.8 Å². The van der Waals surface area contributed by atoms with Gasteiger partial charge in [0.25, 0.3) is 0 Å². The molecule has 0 saturated carbocycles. The Morgan fingerprint density at radius 3 is 2.85 bits per heavy atom. The second-order valence-corrected chi connectivity index (χ2v) is 5.01. The van der Waals surface area contributed by atoms with Crippen LogP contribution in [0.25, 0.3) is 0 Å². The predicted octanol–water partition coefficient (Wildman–Crippen LogP) is 0.773. The summed E-state index contributed by atoms with van der Waals surface area (Å²) in [7, 11) is 1.98. The zero-order valence-electron chi connectivity index (χ0n) is 12.5. The molecule has 0 bridgehead atoms. The second kappa shape index (κ2) is 6.69. The standard InChI is InChI=1S/C13H24N6O/c1-4-19-8-6-7-10(19)9-18(3)12-15-11(14)16-13(17-12)20-5-2/h10H,4-9H2,1-3H3,(H2,14,15,16,17). The van der Waals surface area contributed by atoms with Gasteiger partial charge in [-0.15, -0.1) is 0 Å². The van der Waals surface area contributed by atoms with Crippen molar-refractivity contribution in [2.45, 2.75) is 32.7 Å². The first-order chi connectivity index (χ1) is 9.63. The summed E-state index contributed by atoms with van der Waals surface area (Å²) in [6.45, 7) is 7.76. The Bertz CT molecular complexity index is 441. The predicted molar refractivity (Wildman–Crippen MR) is 78.9 cm³/mol. The molecule has 1 unspecified atom stereocenters. The van der Waals surface area contributed by atoms with Crippen LogP contribution in [0, 0.1) is 0 Å². The number of nitrogen functional groups attached to an aromatic ring is 1. The monoisotopic (exact) mass is 280 g/mol. The molecule has 2 heterocycles. The van der Waals surface area contributed by atoms with Crippen molar-refractivity contribution < 1.29 is 4.74 Å². The van der Waals surface area contributed by atoms with Crippen molar-refractivity contribution in [3.8, 4) is 6.01 Å². The zero-order valence-corrected chi connectivity index (χ0v) is 12.5. The molecule has 20 heavy (non-hydrogen) atoms. The summed E-state index contributed by atoms with van der Waals surface area (Å²) >= 11 is 0. The topological polar surface area (TPSA) is 80.4 Å². The minimum atomic E-state index is 0.198. The van der Waals surface area contributed by atoms with Gasteiger partial charge in [-0.05, 0) is 32.9 Å². The number of likely N-dealkylation sites (tertiary alicyclic amines) is 1. The Morgan fingerprint density at radius 1 is 1.35 bits per heavy atom. The molecule has 1 atom stereocenters. The molecule has 1 aliphatic heterocycles. The van der Waals surface area contributed by atoms with Crippen LogP contribution in [-0.4, -0.2) is 59.2 Å². The van der Waals surface area contributed by atoms with Gasteiger partial charge in [-0.25, -0.2) is 0 Å². The minimum Gasteiger partial charge on any atom is -0.464 e. The van der Waals surface area contributed by atoms with E-state index in [0.29, 0.717) is 24.6 Å². The molecule has 2 rings (SSSR count). The van der Waals surface area contributed by atoms with Gasteiger partial charge in [0.05, 0.1) is 6.61 Å². The Kier molecular flexibility index (Phi) is 4.94. The molecule has 1 aromatic heterocycles. The molecule has 112 valence electrons. The van der Waals surface area contributed by atoms with Crippen LogP contribution in [0.15, 0.2) is 0 Å². The van der Waals surface area contributed by atoms with Crippen molar-refractivity contribution >= 4 is 11.9 Å². The maximum atomic E-state index is 5.71. The molecular weight excluding hydrogens is 256 g/mol. The van der Waals surface area contributed by atoms with Gasteiger partial charge in [-0.3, -0.25) is 4.90 Å². The third-order valence-corrected chi connectivity index (χ3v) is 3.63. The van der Waals surface area contributed by atoms with Crippen LogP contribution in [0.1, 0.15) is 26.7 Å². The van der Waals surface area contributed by atoms with Gasteiger partial charge in [0.15, 0.2) is 0 Å². The quantitative estimate of drug-likeness (QED) is 0.824. The van der Waals surface area contributed by atoms with Gasteiger partial charge in [0.1, 0.15) is 0 Å². The first-order valence-electron chi connectivity index (χ1n) is 7.23.